The molecule has 0 radical (unpaired) electrons. The molecule has 9 heteroatoms. The smallest absolute Gasteiger partial charge is 0.258 e. The first-order chi connectivity index (χ1) is 13.0. The Morgan fingerprint density at radius 3 is 2.78 bits per heavy atom. The zero-order chi connectivity index (χ0) is 19.0. The van der Waals surface area contributed by atoms with E-state index in [9.17, 15) is 14.3 Å². The maximum Gasteiger partial charge on any atom is 0.270 e. The molecule has 134 valence electrons. The van der Waals surface area contributed by atoms with Gasteiger partial charge in [0.25, 0.3) is 5.69 Å². The second kappa shape index (κ2) is 6.69. The molecule has 0 aliphatic carbocycles. The number of pyridine rings is 1. The lowest BCUT2D eigenvalue weighted by Crippen LogP contribution is -1.98. The summed E-state index contributed by atoms with van der Waals surface area (Å²) in [6.07, 6.45) is 4.85. The maximum absolute atomic E-state index is 11.8. The summed E-state index contributed by atoms with van der Waals surface area (Å²) < 4.78 is 13.5. The van der Waals surface area contributed by atoms with Crippen LogP contribution in [-0.2, 0) is 10.8 Å². The fourth-order valence-electron chi connectivity index (χ4n) is 2.84. The first kappa shape index (κ1) is 17.0. The van der Waals surface area contributed by atoms with E-state index in [1.165, 1.54) is 18.4 Å². The summed E-state index contributed by atoms with van der Waals surface area (Å²) in [6.45, 7) is 0. The molecular weight excluding hydrogens is 366 g/mol. The quantitative estimate of drug-likeness (QED) is 0.307. The summed E-state index contributed by atoms with van der Waals surface area (Å²) in [7, 11) is -1.33. The molecule has 1 atom stereocenters. The topological polar surface area (TPSA) is 103 Å². The van der Waals surface area contributed by atoms with Crippen molar-refractivity contribution in [2.45, 2.75) is 5.16 Å². The summed E-state index contributed by atoms with van der Waals surface area (Å²) in [6, 6.07) is 13.6. The highest BCUT2D eigenvalue weighted by Gasteiger charge is 2.20. The average Bonchev–Trinajstić information content (AvgIpc) is 3.07. The third kappa shape index (κ3) is 3.08. The molecule has 0 saturated carbocycles. The number of nitro groups is 1. The van der Waals surface area contributed by atoms with E-state index in [-0.39, 0.29) is 10.8 Å². The molecule has 0 spiro atoms. The molecule has 27 heavy (non-hydrogen) atoms. The Morgan fingerprint density at radius 1 is 1.15 bits per heavy atom. The van der Waals surface area contributed by atoms with Crippen LogP contribution in [0.3, 0.4) is 0 Å². The Kier molecular flexibility index (Phi) is 4.21. The van der Waals surface area contributed by atoms with Crippen LogP contribution < -0.4 is 0 Å². The minimum absolute atomic E-state index is 0.0199. The van der Waals surface area contributed by atoms with Gasteiger partial charge in [0.05, 0.1) is 32.5 Å². The van der Waals surface area contributed by atoms with Crippen molar-refractivity contribution in [3.05, 3.63) is 71.0 Å². The predicted octanol–water partition coefficient (Wildman–Crippen LogP) is 3.10. The SMILES string of the molecule is CS(=O)c1nccc(-c2c(-c3cccc([N+](=O)[O-])c3)nn3ccccc23)n1. The molecule has 3 aromatic heterocycles. The van der Waals surface area contributed by atoms with Crippen LogP contribution in [0.2, 0.25) is 0 Å². The highest BCUT2D eigenvalue weighted by Crippen LogP contribution is 2.35. The number of benzene rings is 1. The lowest BCUT2D eigenvalue weighted by molar-refractivity contribution is -0.384. The van der Waals surface area contributed by atoms with Gasteiger partial charge in [0.1, 0.15) is 5.69 Å². The van der Waals surface area contributed by atoms with Gasteiger partial charge in [0, 0.05) is 36.3 Å². The highest BCUT2D eigenvalue weighted by molar-refractivity contribution is 7.84. The van der Waals surface area contributed by atoms with E-state index in [0.717, 1.165) is 5.52 Å². The normalized spacial score (nSPS) is 12.2. The number of nitrogens with zero attached hydrogens (tertiary/aromatic N) is 5. The second-order valence-electron chi connectivity index (χ2n) is 5.74. The first-order valence-corrected chi connectivity index (χ1v) is 9.49. The van der Waals surface area contributed by atoms with Gasteiger partial charge >= 0.3 is 0 Å². The predicted molar refractivity (Wildman–Crippen MR) is 101 cm³/mol. The number of nitro benzene ring substituents is 1. The molecule has 0 amide bonds. The Labute approximate surface area is 156 Å². The molecule has 1 aromatic carbocycles. The van der Waals surface area contributed by atoms with E-state index in [4.69, 9.17) is 0 Å². The Balaban J connectivity index is 2.01. The molecule has 0 aliphatic rings. The van der Waals surface area contributed by atoms with Crippen molar-refractivity contribution in [2.75, 3.05) is 6.26 Å². The van der Waals surface area contributed by atoms with E-state index in [2.05, 4.69) is 15.1 Å². The Bertz CT molecular complexity index is 1200. The standard InChI is InChI=1S/C18H13N5O3S/c1-27(26)18-19-9-8-14(20-18)16-15-7-2-3-10-22(15)21-17(16)12-5-4-6-13(11-12)23(24)25/h2-11H,1H3. The molecule has 8 nitrogen and oxygen atoms in total. The summed E-state index contributed by atoms with van der Waals surface area (Å²) in [5.74, 6) is 0. The Morgan fingerprint density at radius 2 is 2.00 bits per heavy atom. The van der Waals surface area contributed by atoms with Crippen molar-refractivity contribution < 1.29 is 9.13 Å². The molecule has 1 unspecified atom stereocenters. The maximum atomic E-state index is 11.8. The zero-order valence-electron chi connectivity index (χ0n) is 14.1. The summed E-state index contributed by atoms with van der Waals surface area (Å²) in [4.78, 5) is 19.2. The fourth-order valence-corrected chi connectivity index (χ4v) is 3.27. The van der Waals surface area contributed by atoms with Crippen molar-refractivity contribution >= 4 is 22.0 Å². The largest absolute Gasteiger partial charge is 0.270 e. The van der Waals surface area contributed by atoms with Gasteiger partial charge in [-0.05, 0) is 18.2 Å². The van der Waals surface area contributed by atoms with E-state index in [1.807, 2.05) is 18.2 Å². The van der Waals surface area contributed by atoms with Crippen molar-refractivity contribution in [3.63, 3.8) is 0 Å². The first-order valence-electron chi connectivity index (χ1n) is 7.93. The van der Waals surface area contributed by atoms with Gasteiger partial charge in [0.15, 0.2) is 0 Å². The van der Waals surface area contributed by atoms with Gasteiger partial charge in [-0.1, -0.05) is 18.2 Å². The number of fused-ring (bicyclic) bond motifs is 1. The van der Waals surface area contributed by atoms with E-state index >= 15 is 0 Å². The fraction of sp³-hybridized carbons (Fsp3) is 0.0556. The van der Waals surface area contributed by atoms with E-state index in [1.54, 1.807) is 35.1 Å². The van der Waals surface area contributed by atoms with Crippen molar-refractivity contribution in [1.29, 1.82) is 0 Å². The molecule has 0 bridgehead atoms. The van der Waals surface area contributed by atoms with E-state index in [0.29, 0.717) is 22.5 Å². The van der Waals surface area contributed by atoms with Gasteiger partial charge in [0.2, 0.25) is 5.16 Å². The molecule has 4 aromatic rings. The summed E-state index contributed by atoms with van der Waals surface area (Å²) in [5.41, 5.74) is 3.17. The van der Waals surface area contributed by atoms with Crippen LogP contribution in [0.15, 0.2) is 66.1 Å². The second-order valence-corrected chi connectivity index (χ2v) is 7.01. The van der Waals surface area contributed by atoms with Crippen molar-refractivity contribution in [3.8, 4) is 22.5 Å². The Hall–Kier alpha value is -3.46. The molecule has 0 fully saturated rings. The van der Waals surface area contributed by atoms with Gasteiger partial charge in [-0.15, -0.1) is 0 Å². The van der Waals surface area contributed by atoms with Crippen LogP contribution in [0.25, 0.3) is 28.0 Å². The number of hydrogen-bond donors (Lipinski definition) is 0. The number of non-ortho nitro benzene ring substituents is 1. The molecule has 0 N–H and O–H groups in total. The van der Waals surface area contributed by atoms with Crippen LogP contribution in [0, 0.1) is 10.1 Å². The van der Waals surface area contributed by atoms with Gasteiger partial charge in [-0.3, -0.25) is 14.3 Å². The van der Waals surface area contributed by atoms with Crippen LogP contribution in [0.4, 0.5) is 5.69 Å². The minimum Gasteiger partial charge on any atom is -0.258 e. The molecule has 4 rings (SSSR count). The number of hydrogen-bond acceptors (Lipinski definition) is 6. The van der Waals surface area contributed by atoms with Gasteiger partial charge in [-0.25, -0.2) is 14.5 Å². The highest BCUT2D eigenvalue weighted by atomic mass is 32.2. The van der Waals surface area contributed by atoms with Crippen LogP contribution in [0.5, 0.6) is 0 Å². The van der Waals surface area contributed by atoms with E-state index < -0.39 is 15.7 Å². The minimum atomic E-state index is -1.33. The van der Waals surface area contributed by atoms with Crippen LogP contribution in [-0.4, -0.2) is 35.0 Å². The van der Waals surface area contributed by atoms with Crippen LogP contribution in [0.1, 0.15) is 0 Å². The number of aromatic nitrogens is 4. The average molecular weight is 379 g/mol. The lowest BCUT2D eigenvalue weighted by atomic mass is 10.0. The third-order valence-electron chi connectivity index (χ3n) is 4.02. The molecule has 0 aliphatic heterocycles. The summed E-state index contributed by atoms with van der Waals surface area (Å²) >= 11 is 0. The third-order valence-corrected chi connectivity index (χ3v) is 4.73. The van der Waals surface area contributed by atoms with Gasteiger partial charge in [-0.2, -0.15) is 5.10 Å². The van der Waals surface area contributed by atoms with Crippen LogP contribution >= 0.6 is 0 Å². The van der Waals surface area contributed by atoms with Crippen molar-refractivity contribution in [2.24, 2.45) is 0 Å². The zero-order valence-corrected chi connectivity index (χ0v) is 15.0. The van der Waals surface area contributed by atoms with Gasteiger partial charge < -0.3 is 0 Å². The lowest BCUT2D eigenvalue weighted by Gasteiger charge is -2.04. The summed E-state index contributed by atoms with van der Waals surface area (Å²) in [5, 5.41) is 16.0. The van der Waals surface area contributed by atoms with Crippen molar-refractivity contribution in [1.82, 2.24) is 19.6 Å². The monoisotopic (exact) mass is 379 g/mol. The molecule has 0 saturated heterocycles. The molecule has 3 heterocycles. The molecular formula is C18H13N5O3S. The number of rotatable bonds is 4.